The molecule has 2 atom stereocenters. The number of alkyl halides is 3. The highest BCUT2D eigenvalue weighted by Gasteiger charge is 2.46. The standard InChI is InChI=1S/C16H15F3O/c1-20-15(13-10-6-3-7-11-13)14(16(17,18)19)12-8-4-2-5-9-12/h2-11,14-15H,1H3/t14-,15-/m0/s1. The second-order valence-corrected chi connectivity index (χ2v) is 4.50. The first-order valence-electron chi connectivity index (χ1n) is 6.23. The summed E-state index contributed by atoms with van der Waals surface area (Å²) in [5.74, 6) is -1.68. The molecule has 0 unspecified atom stereocenters. The molecule has 0 aromatic heterocycles. The third-order valence-corrected chi connectivity index (χ3v) is 3.20. The van der Waals surface area contributed by atoms with Crippen molar-refractivity contribution in [2.45, 2.75) is 18.2 Å². The fraction of sp³-hybridized carbons (Fsp3) is 0.250. The molecule has 106 valence electrons. The number of halogens is 3. The molecular formula is C16H15F3O. The van der Waals surface area contributed by atoms with Gasteiger partial charge in [-0.2, -0.15) is 13.2 Å². The van der Waals surface area contributed by atoms with Crippen LogP contribution in [0.5, 0.6) is 0 Å². The van der Waals surface area contributed by atoms with Crippen molar-refractivity contribution < 1.29 is 17.9 Å². The lowest BCUT2D eigenvalue weighted by Crippen LogP contribution is -2.28. The van der Waals surface area contributed by atoms with Crippen molar-refractivity contribution in [2.75, 3.05) is 7.11 Å². The molecule has 0 aliphatic carbocycles. The van der Waals surface area contributed by atoms with Crippen molar-refractivity contribution in [1.82, 2.24) is 0 Å². The topological polar surface area (TPSA) is 9.23 Å². The van der Waals surface area contributed by atoms with E-state index in [0.29, 0.717) is 5.56 Å². The largest absolute Gasteiger partial charge is 0.398 e. The van der Waals surface area contributed by atoms with Gasteiger partial charge >= 0.3 is 6.18 Å². The molecule has 0 fully saturated rings. The lowest BCUT2D eigenvalue weighted by Gasteiger charge is -2.28. The summed E-state index contributed by atoms with van der Waals surface area (Å²) in [6.45, 7) is 0. The number of hydrogen-bond donors (Lipinski definition) is 0. The Labute approximate surface area is 116 Å². The van der Waals surface area contributed by atoms with Crippen LogP contribution in [-0.2, 0) is 4.74 Å². The van der Waals surface area contributed by atoms with Crippen molar-refractivity contribution in [3.63, 3.8) is 0 Å². The van der Waals surface area contributed by atoms with E-state index < -0.39 is 18.2 Å². The SMILES string of the molecule is CO[C@@H](c1ccccc1)[C@H](c1ccccc1)C(F)(F)F. The number of methoxy groups -OCH3 is 1. The highest BCUT2D eigenvalue weighted by Crippen LogP contribution is 2.45. The molecule has 2 aromatic carbocycles. The molecule has 0 aliphatic rings. The Balaban J connectivity index is 2.46. The molecule has 0 amide bonds. The Hall–Kier alpha value is -1.81. The normalized spacial score (nSPS) is 14.8. The van der Waals surface area contributed by atoms with E-state index in [1.165, 1.54) is 19.2 Å². The highest BCUT2D eigenvalue weighted by molar-refractivity contribution is 5.28. The van der Waals surface area contributed by atoms with Gasteiger partial charge in [-0.15, -0.1) is 0 Å². The van der Waals surface area contributed by atoms with Crippen LogP contribution >= 0.6 is 0 Å². The van der Waals surface area contributed by atoms with E-state index in [9.17, 15) is 13.2 Å². The van der Waals surface area contributed by atoms with Crippen molar-refractivity contribution in [3.05, 3.63) is 71.8 Å². The average molecular weight is 280 g/mol. The van der Waals surface area contributed by atoms with Crippen molar-refractivity contribution in [3.8, 4) is 0 Å². The van der Waals surface area contributed by atoms with Crippen LogP contribution in [0.3, 0.4) is 0 Å². The molecule has 2 rings (SSSR count). The summed E-state index contributed by atoms with van der Waals surface area (Å²) >= 11 is 0. The first-order chi connectivity index (χ1) is 9.54. The second-order valence-electron chi connectivity index (χ2n) is 4.50. The summed E-state index contributed by atoms with van der Waals surface area (Å²) in [5.41, 5.74) is 0.719. The molecule has 4 heteroatoms. The Kier molecular flexibility index (Phi) is 4.45. The zero-order valence-electron chi connectivity index (χ0n) is 11.0. The fourth-order valence-electron chi connectivity index (χ4n) is 2.30. The summed E-state index contributed by atoms with van der Waals surface area (Å²) in [7, 11) is 1.30. The predicted molar refractivity (Wildman–Crippen MR) is 71.4 cm³/mol. The minimum Gasteiger partial charge on any atom is -0.376 e. The monoisotopic (exact) mass is 280 g/mol. The maximum absolute atomic E-state index is 13.4. The maximum Gasteiger partial charge on any atom is 0.398 e. The van der Waals surface area contributed by atoms with Crippen LogP contribution in [0.4, 0.5) is 13.2 Å². The van der Waals surface area contributed by atoms with E-state index >= 15 is 0 Å². The van der Waals surface area contributed by atoms with Crippen LogP contribution < -0.4 is 0 Å². The Bertz CT molecular complexity index is 522. The molecule has 0 saturated carbocycles. The van der Waals surface area contributed by atoms with Gasteiger partial charge in [0.2, 0.25) is 0 Å². The van der Waals surface area contributed by atoms with Gasteiger partial charge in [-0.25, -0.2) is 0 Å². The first kappa shape index (κ1) is 14.6. The van der Waals surface area contributed by atoms with E-state index in [-0.39, 0.29) is 5.56 Å². The summed E-state index contributed by atoms with van der Waals surface area (Å²) < 4.78 is 45.5. The molecule has 0 radical (unpaired) electrons. The van der Waals surface area contributed by atoms with Crippen LogP contribution in [0.15, 0.2) is 60.7 Å². The van der Waals surface area contributed by atoms with E-state index in [1.807, 2.05) is 0 Å². The van der Waals surface area contributed by atoms with E-state index in [4.69, 9.17) is 4.74 Å². The van der Waals surface area contributed by atoms with Crippen molar-refractivity contribution in [2.24, 2.45) is 0 Å². The Morgan fingerprint density at radius 1 is 0.800 bits per heavy atom. The van der Waals surface area contributed by atoms with Crippen LogP contribution in [0.2, 0.25) is 0 Å². The average Bonchev–Trinajstić information content (AvgIpc) is 2.45. The Morgan fingerprint density at radius 2 is 1.25 bits per heavy atom. The lowest BCUT2D eigenvalue weighted by molar-refractivity contribution is -0.177. The third kappa shape index (κ3) is 3.20. The number of rotatable bonds is 4. The highest BCUT2D eigenvalue weighted by atomic mass is 19.4. The molecule has 0 heterocycles. The van der Waals surface area contributed by atoms with Crippen LogP contribution in [0.1, 0.15) is 23.1 Å². The summed E-state index contributed by atoms with van der Waals surface area (Å²) in [4.78, 5) is 0. The molecule has 20 heavy (non-hydrogen) atoms. The minimum atomic E-state index is -4.38. The second kappa shape index (κ2) is 6.09. The van der Waals surface area contributed by atoms with Crippen LogP contribution in [0, 0.1) is 0 Å². The predicted octanol–water partition coefficient (Wildman–Crippen LogP) is 4.72. The maximum atomic E-state index is 13.4. The molecule has 0 aliphatic heterocycles. The summed E-state index contributed by atoms with van der Waals surface area (Å²) in [5, 5.41) is 0. The number of benzene rings is 2. The van der Waals surface area contributed by atoms with Gasteiger partial charge in [0.25, 0.3) is 0 Å². The molecule has 0 bridgehead atoms. The molecule has 1 nitrogen and oxygen atoms in total. The molecule has 2 aromatic rings. The fourth-order valence-corrected chi connectivity index (χ4v) is 2.30. The van der Waals surface area contributed by atoms with Gasteiger partial charge in [0.1, 0.15) is 5.92 Å². The van der Waals surface area contributed by atoms with Gasteiger partial charge < -0.3 is 4.74 Å². The smallest absolute Gasteiger partial charge is 0.376 e. The Morgan fingerprint density at radius 3 is 1.65 bits per heavy atom. The van der Waals surface area contributed by atoms with Gasteiger partial charge in [0, 0.05) is 7.11 Å². The molecule has 0 spiro atoms. The molecule has 0 saturated heterocycles. The van der Waals surface area contributed by atoms with Gasteiger partial charge in [-0.05, 0) is 11.1 Å². The first-order valence-corrected chi connectivity index (χ1v) is 6.23. The van der Waals surface area contributed by atoms with Gasteiger partial charge in [0.05, 0.1) is 6.10 Å². The zero-order valence-corrected chi connectivity index (χ0v) is 11.0. The summed E-state index contributed by atoms with van der Waals surface area (Å²) in [6, 6.07) is 16.3. The quantitative estimate of drug-likeness (QED) is 0.787. The number of hydrogen-bond acceptors (Lipinski definition) is 1. The summed E-state index contributed by atoms with van der Waals surface area (Å²) in [6.07, 6.45) is -5.43. The van der Waals surface area contributed by atoms with Crippen molar-refractivity contribution >= 4 is 0 Å². The van der Waals surface area contributed by atoms with Gasteiger partial charge in [-0.3, -0.25) is 0 Å². The number of ether oxygens (including phenoxy) is 1. The van der Waals surface area contributed by atoms with Crippen LogP contribution in [0.25, 0.3) is 0 Å². The third-order valence-electron chi connectivity index (χ3n) is 3.20. The lowest BCUT2D eigenvalue weighted by atomic mass is 9.88. The van der Waals surface area contributed by atoms with Crippen LogP contribution in [-0.4, -0.2) is 13.3 Å². The van der Waals surface area contributed by atoms with Crippen molar-refractivity contribution in [1.29, 1.82) is 0 Å². The minimum absolute atomic E-state index is 0.204. The van der Waals surface area contributed by atoms with Gasteiger partial charge in [0.15, 0.2) is 0 Å². The molecular weight excluding hydrogens is 265 g/mol. The van der Waals surface area contributed by atoms with E-state index in [1.54, 1.807) is 48.5 Å². The van der Waals surface area contributed by atoms with E-state index in [2.05, 4.69) is 0 Å². The molecule has 0 N–H and O–H groups in total. The van der Waals surface area contributed by atoms with Gasteiger partial charge in [-0.1, -0.05) is 60.7 Å². The zero-order chi connectivity index (χ0) is 14.6. The van der Waals surface area contributed by atoms with E-state index in [0.717, 1.165) is 0 Å².